The molecule has 1 atom stereocenters. The van der Waals surface area contributed by atoms with Crippen LogP contribution in [0.4, 0.5) is 8.78 Å². The third kappa shape index (κ3) is 5.32. The van der Waals surface area contributed by atoms with Crippen molar-refractivity contribution in [3.63, 3.8) is 0 Å². The van der Waals surface area contributed by atoms with Gasteiger partial charge in [0.15, 0.2) is 0 Å². The molecule has 0 radical (unpaired) electrons. The van der Waals surface area contributed by atoms with Gasteiger partial charge in [-0.05, 0) is 42.5 Å². The number of halogens is 2. The maximum Gasteiger partial charge on any atom is 0.387 e. The van der Waals surface area contributed by atoms with Gasteiger partial charge in [-0.3, -0.25) is 4.79 Å². The van der Waals surface area contributed by atoms with Gasteiger partial charge < -0.3 is 23.8 Å². The Balaban J connectivity index is 1.57. The predicted octanol–water partition coefficient (Wildman–Crippen LogP) is 3.22. The number of amides is 1. The average molecular weight is 393 g/mol. The van der Waals surface area contributed by atoms with Gasteiger partial charge in [0.1, 0.15) is 30.0 Å². The van der Waals surface area contributed by atoms with Crippen LogP contribution < -0.4 is 14.2 Å². The van der Waals surface area contributed by atoms with Crippen LogP contribution in [-0.2, 0) is 4.74 Å². The molecule has 1 aliphatic heterocycles. The van der Waals surface area contributed by atoms with Crippen molar-refractivity contribution in [2.45, 2.75) is 12.7 Å². The number of methoxy groups -OCH3 is 1. The molecule has 2 aromatic carbocycles. The lowest BCUT2D eigenvalue weighted by molar-refractivity contribution is -0.0500. The Kier molecular flexibility index (Phi) is 6.65. The fourth-order valence-corrected chi connectivity index (χ4v) is 2.85. The molecular formula is C20H21F2NO5. The van der Waals surface area contributed by atoms with Gasteiger partial charge in [-0.15, -0.1) is 0 Å². The van der Waals surface area contributed by atoms with Crippen molar-refractivity contribution in [1.82, 2.24) is 4.90 Å². The van der Waals surface area contributed by atoms with Gasteiger partial charge >= 0.3 is 6.61 Å². The fourth-order valence-electron chi connectivity index (χ4n) is 2.85. The van der Waals surface area contributed by atoms with Crippen molar-refractivity contribution in [3.05, 3.63) is 54.1 Å². The van der Waals surface area contributed by atoms with Gasteiger partial charge in [0.05, 0.1) is 20.3 Å². The highest BCUT2D eigenvalue weighted by Gasteiger charge is 2.26. The summed E-state index contributed by atoms with van der Waals surface area (Å²) in [5.41, 5.74) is 0.287. The minimum atomic E-state index is -2.94. The van der Waals surface area contributed by atoms with Crippen molar-refractivity contribution >= 4 is 5.91 Å². The van der Waals surface area contributed by atoms with Gasteiger partial charge in [-0.25, -0.2) is 0 Å². The molecule has 0 bridgehead atoms. The van der Waals surface area contributed by atoms with Crippen LogP contribution >= 0.6 is 0 Å². The van der Waals surface area contributed by atoms with Gasteiger partial charge in [0.2, 0.25) is 0 Å². The average Bonchev–Trinajstić information content (AvgIpc) is 2.72. The van der Waals surface area contributed by atoms with Crippen molar-refractivity contribution in [2.75, 3.05) is 33.4 Å². The second kappa shape index (κ2) is 9.36. The molecule has 28 heavy (non-hydrogen) atoms. The molecule has 2 aromatic rings. The number of carbonyl (C=O) groups excluding carboxylic acids is 1. The maximum atomic E-state index is 12.7. The van der Waals surface area contributed by atoms with Crippen molar-refractivity contribution in [1.29, 1.82) is 0 Å². The third-order valence-electron chi connectivity index (χ3n) is 4.23. The van der Waals surface area contributed by atoms with E-state index in [1.807, 2.05) is 0 Å². The third-order valence-corrected chi connectivity index (χ3v) is 4.23. The summed E-state index contributed by atoms with van der Waals surface area (Å²) in [5, 5.41) is 0. The summed E-state index contributed by atoms with van der Waals surface area (Å²) in [6.45, 7) is -1.53. The predicted molar refractivity (Wildman–Crippen MR) is 97.2 cm³/mol. The van der Waals surface area contributed by atoms with E-state index in [0.29, 0.717) is 25.4 Å². The molecule has 3 rings (SSSR count). The number of benzene rings is 2. The Hall–Kier alpha value is -2.87. The molecule has 1 aliphatic rings. The quantitative estimate of drug-likeness (QED) is 0.723. The molecule has 0 aromatic heterocycles. The standard InChI is InChI=1S/C20H21F2NO5/c1-25-15-5-7-16(8-6-15)27-13-18-12-23(9-10-26-18)19(24)14-3-2-4-17(11-14)28-20(21)22/h2-8,11,18,20H,9-10,12-13H2,1H3. The molecule has 1 fully saturated rings. The first-order valence-electron chi connectivity index (χ1n) is 8.78. The molecule has 150 valence electrons. The van der Waals surface area contributed by atoms with Crippen LogP contribution in [0.25, 0.3) is 0 Å². The molecule has 8 heteroatoms. The largest absolute Gasteiger partial charge is 0.497 e. The van der Waals surface area contributed by atoms with Crippen LogP contribution in [0.15, 0.2) is 48.5 Å². The Morgan fingerprint density at radius 1 is 1.18 bits per heavy atom. The summed E-state index contributed by atoms with van der Waals surface area (Å²) in [7, 11) is 1.59. The zero-order valence-electron chi connectivity index (χ0n) is 15.3. The van der Waals surface area contributed by atoms with E-state index in [1.165, 1.54) is 18.2 Å². The number of rotatable bonds is 7. The summed E-state index contributed by atoms with van der Waals surface area (Å²) in [5.74, 6) is 1.09. The zero-order chi connectivity index (χ0) is 19.9. The Morgan fingerprint density at radius 3 is 2.64 bits per heavy atom. The van der Waals surface area contributed by atoms with Gasteiger partial charge in [0, 0.05) is 12.1 Å². The minimum Gasteiger partial charge on any atom is -0.497 e. The van der Waals surface area contributed by atoms with Crippen LogP contribution in [0.5, 0.6) is 17.2 Å². The molecule has 0 saturated carbocycles. The smallest absolute Gasteiger partial charge is 0.387 e. The molecule has 1 heterocycles. The number of hydrogen-bond acceptors (Lipinski definition) is 5. The molecule has 0 spiro atoms. The summed E-state index contributed by atoms with van der Waals surface area (Å²) >= 11 is 0. The molecule has 0 N–H and O–H groups in total. The minimum absolute atomic E-state index is 0.0477. The Bertz CT molecular complexity index is 784. The van der Waals surface area contributed by atoms with Crippen molar-refractivity contribution < 1.29 is 32.5 Å². The van der Waals surface area contributed by atoms with E-state index >= 15 is 0 Å². The maximum absolute atomic E-state index is 12.7. The number of ether oxygens (including phenoxy) is 4. The van der Waals surface area contributed by atoms with E-state index in [0.717, 1.165) is 5.75 Å². The Labute approximate surface area is 161 Å². The summed E-state index contributed by atoms with van der Waals surface area (Å²) < 4.78 is 45.6. The van der Waals surface area contributed by atoms with Gasteiger partial charge in [0.25, 0.3) is 5.91 Å². The number of alkyl halides is 2. The topological polar surface area (TPSA) is 57.2 Å². The zero-order valence-corrected chi connectivity index (χ0v) is 15.3. The molecule has 1 amide bonds. The number of nitrogens with zero attached hydrogens (tertiary/aromatic N) is 1. The summed E-state index contributed by atoms with van der Waals surface area (Å²) in [4.78, 5) is 14.3. The second-order valence-electron chi connectivity index (χ2n) is 6.14. The van der Waals surface area contributed by atoms with E-state index in [2.05, 4.69) is 4.74 Å². The van der Waals surface area contributed by atoms with Crippen LogP contribution in [0.1, 0.15) is 10.4 Å². The molecule has 1 saturated heterocycles. The van der Waals surface area contributed by atoms with Gasteiger partial charge in [-0.1, -0.05) is 6.07 Å². The molecule has 1 unspecified atom stereocenters. The van der Waals surface area contributed by atoms with Crippen LogP contribution in [0.2, 0.25) is 0 Å². The molecule has 0 aliphatic carbocycles. The van der Waals surface area contributed by atoms with E-state index in [9.17, 15) is 13.6 Å². The normalized spacial score (nSPS) is 16.7. The number of carbonyl (C=O) groups is 1. The van der Waals surface area contributed by atoms with Crippen LogP contribution in [0, 0.1) is 0 Å². The Morgan fingerprint density at radius 2 is 1.93 bits per heavy atom. The molecular weight excluding hydrogens is 372 g/mol. The first kappa shape index (κ1) is 19.9. The lowest BCUT2D eigenvalue weighted by Gasteiger charge is -2.33. The summed E-state index contributed by atoms with van der Waals surface area (Å²) in [6, 6.07) is 12.9. The van der Waals surface area contributed by atoms with E-state index in [1.54, 1.807) is 42.3 Å². The highest BCUT2D eigenvalue weighted by Crippen LogP contribution is 2.20. The monoisotopic (exact) mass is 393 g/mol. The van der Waals surface area contributed by atoms with Crippen LogP contribution in [0.3, 0.4) is 0 Å². The second-order valence-corrected chi connectivity index (χ2v) is 6.14. The van der Waals surface area contributed by atoms with E-state index in [-0.39, 0.29) is 29.9 Å². The fraction of sp³-hybridized carbons (Fsp3) is 0.350. The van der Waals surface area contributed by atoms with Crippen molar-refractivity contribution in [3.8, 4) is 17.2 Å². The lowest BCUT2D eigenvalue weighted by atomic mass is 10.1. The highest BCUT2D eigenvalue weighted by atomic mass is 19.3. The van der Waals surface area contributed by atoms with Crippen LogP contribution in [-0.4, -0.2) is 56.9 Å². The SMILES string of the molecule is COc1ccc(OCC2CN(C(=O)c3cccc(OC(F)F)c3)CCO2)cc1. The highest BCUT2D eigenvalue weighted by molar-refractivity contribution is 5.94. The van der Waals surface area contributed by atoms with Crippen molar-refractivity contribution in [2.24, 2.45) is 0 Å². The first-order valence-corrected chi connectivity index (χ1v) is 8.78. The number of hydrogen-bond donors (Lipinski definition) is 0. The lowest BCUT2D eigenvalue weighted by Crippen LogP contribution is -2.47. The first-order chi connectivity index (χ1) is 13.5. The van der Waals surface area contributed by atoms with E-state index < -0.39 is 6.61 Å². The van der Waals surface area contributed by atoms with Gasteiger partial charge in [-0.2, -0.15) is 8.78 Å². The van der Waals surface area contributed by atoms with E-state index in [4.69, 9.17) is 14.2 Å². The molecule has 6 nitrogen and oxygen atoms in total. The number of morpholine rings is 1. The summed E-state index contributed by atoms with van der Waals surface area (Å²) in [6.07, 6.45) is -0.291.